The lowest BCUT2D eigenvalue weighted by Crippen LogP contribution is -2.32. The molecule has 0 fully saturated rings. The molecule has 2 aromatic rings. The molecule has 1 aliphatic heterocycles. The van der Waals surface area contributed by atoms with Crippen molar-refractivity contribution in [2.75, 3.05) is 19.0 Å². The summed E-state index contributed by atoms with van der Waals surface area (Å²) >= 11 is 0. The number of hydrogen-bond donors (Lipinski definition) is 2. The first-order valence-electron chi connectivity index (χ1n) is 8.34. The third kappa shape index (κ3) is 3.49. The highest BCUT2D eigenvalue weighted by Gasteiger charge is 2.27. The van der Waals surface area contributed by atoms with Crippen LogP contribution in [0.3, 0.4) is 0 Å². The van der Waals surface area contributed by atoms with Crippen LogP contribution in [0.5, 0.6) is 11.5 Å². The van der Waals surface area contributed by atoms with Crippen molar-refractivity contribution < 1.29 is 24.2 Å². The molecule has 2 N–H and O–H groups in total. The Morgan fingerprint density at radius 1 is 1.19 bits per heavy atom. The number of carboxylic acids is 1. The second kappa shape index (κ2) is 7.07. The van der Waals surface area contributed by atoms with Gasteiger partial charge in [0.1, 0.15) is 18.1 Å². The Kier molecular flexibility index (Phi) is 4.84. The highest BCUT2D eigenvalue weighted by Crippen LogP contribution is 2.31. The molecule has 0 spiro atoms. The number of rotatable bonds is 4. The molecule has 0 radical (unpaired) electrons. The van der Waals surface area contributed by atoms with Crippen molar-refractivity contribution in [3.8, 4) is 11.5 Å². The molecule has 136 valence electrons. The summed E-state index contributed by atoms with van der Waals surface area (Å²) in [5.41, 5.74) is 3.09. The topological polar surface area (TPSA) is 84.9 Å². The lowest BCUT2D eigenvalue weighted by atomic mass is 9.95. The highest BCUT2D eigenvalue weighted by atomic mass is 16.5. The van der Waals surface area contributed by atoms with E-state index in [1.54, 1.807) is 20.1 Å². The number of aryl methyl sites for hydroxylation is 2. The second-order valence-corrected chi connectivity index (χ2v) is 6.46. The number of anilines is 1. The minimum Gasteiger partial charge on any atom is -0.497 e. The number of carboxylic acid groups (broad SMARTS) is 1. The van der Waals surface area contributed by atoms with Crippen molar-refractivity contribution in [2.45, 2.75) is 20.3 Å². The zero-order valence-electron chi connectivity index (χ0n) is 15.0. The van der Waals surface area contributed by atoms with Crippen LogP contribution in [-0.4, -0.2) is 30.7 Å². The fraction of sp³-hybridized carbons (Fsp3) is 0.300. The van der Waals surface area contributed by atoms with Crippen LogP contribution in [0.4, 0.5) is 5.69 Å². The van der Waals surface area contributed by atoms with Gasteiger partial charge in [-0.1, -0.05) is 6.07 Å². The molecular weight excluding hydrogens is 334 g/mol. The van der Waals surface area contributed by atoms with E-state index in [-0.39, 0.29) is 24.0 Å². The van der Waals surface area contributed by atoms with E-state index >= 15 is 0 Å². The molecule has 1 amide bonds. The lowest BCUT2D eigenvalue weighted by Gasteiger charge is -2.25. The average Bonchev–Trinajstić information content (AvgIpc) is 2.62. The van der Waals surface area contributed by atoms with E-state index < -0.39 is 5.97 Å². The molecule has 6 heteroatoms. The van der Waals surface area contributed by atoms with E-state index in [9.17, 15) is 14.7 Å². The van der Waals surface area contributed by atoms with E-state index in [1.165, 1.54) is 6.07 Å². The van der Waals surface area contributed by atoms with Crippen LogP contribution in [0.25, 0.3) is 0 Å². The number of hydrogen-bond acceptors (Lipinski definition) is 4. The van der Waals surface area contributed by atoms with Crippen molar-refractivity contribution in [3.05, 3.63) is 52.6 Å². The Morgan fingerprint density at radius 3 is 2.65 bits per heavy atom. The first-order chi connectivity index (χ1) is 12.4. The Hall–Kier alpha value is -3.02. The van der Waals surface area contributed by atoms with Crippen molar-refractivity contribution >= 4 is 17.6 Å². The fourth-order valence-corrected chi connectivity index (χ4v) is 3.12. The van der Waals surface area contributed by atoms with Gasteiger partial charge >= 0.3 is 5.97 Å². The Bertz CT molecular complexity index is 875. The molecule has 1 atom stereocenters. The van der Waals surface area contributed by atoms with E-state index in [2.05, 4.69) is 5.32 Å². The smallest absolute Gasteiger partial charge is 0.336 e. The van der Waals surface area contributed by atoms with Gasteiger partial charge in [0.25, 0.3) is 0 Å². The van der Waals surface area contributed by atoms with Crippen LogP contribution in [0.1, 0.15) is 27.0 Å². The van der Waals surface area contributed by atoms with Crippen LogP contribution >= 0.6 is 0 Å². The Labute approximate surface area is 151 Å². The third-order valence-corrected chi connectivity index (χ3v) is 4.60. The molecule has 0 aliphatic carbocycles. The summed E-state index contributed by atoms with van der Waals surface area (Å²) in [6.07, 6.45) is 0.537. The fourth-order valence-electron chi connectivity index (χ4n) is 3.12. The maximum atomic E-state index is 12.7. The van der Waals surface area contributed by atoms with Crippen LogP contribution in [0.2, 0.25) is 0 Å². The van der Waals surface area contributed by atoms with Gasteiger partial charge in [-0.2, -0.15) is 0 Å². The summed E-state index contributed by atoms with van der Waals surface area (Å²) in [5, 5.41) is 12.1. The van der Waals surface area contributed by atoms with Crippen LogP contribution in [0, 0.1) is 19.8 Å². The van der Waals surface area contributed by atoms with Crippen molar-refractivity contribution in [3.63, 3.8) is 0 Å². The van der Waals surface area contributed by atoms with Gasteiger partial charge in [-0.05, 0) is 61.2 Å². The zero-order chi connectivity index (χ0) is 18.8. The summed E-state index contributed by atoms with van der Waals surface area (Å²) in [7, 11) is 1.59. The predicted molar refractivity (Wildman–Crippen MR) is 97.2 cm³/mol. The minimum absolute atomic E-state index is 0.181. The van der Waals surface area contributed by atoms with Gasteiger partial charge in [-0.3, -0.25) is 4.79 Å². The van der Waals surface area contributed by atoms with Gasteiger partial charge in [-0.25, -0.2) is 4.79 Å². The summed E-state index contributed by atoms with van der Waals surface area (Å²) in [4.78, 5) is 24.0. The number of amides is 1. The first kappa shape index (κ1) is 17.8. The monoisotopic (exact) mass is 355 g/mol. The maximum Gasteiger partial charge on any atom is 0.336 e. The number of aromatic carboxylic acids is 1. The predicted octanol–water partition coefficient (Wildman–Crippen LogP) is 3.20. The highest BCUT2D eigenvalue weighted by molar-refractivity contribution is 5.96. The van der Waals surface area contributed by atoms with E-state index in [0.717, 1.165) is 16.9 Å². The summed E-state index contributed by atoms with van der Waals surface area (Å²) in [6.45, 7) is 3.86. The van der Waals surface area contributed by atoms with Crippen LogP contribution in [-0.2, 0) is 11.2 Å². The summed E-state index contributed by atoms with van der Waals surface area (Å²) in [5.74, 6) is -0.0891. The first-order valence-corrected chi connectivity index (χ1v) is 8.34. The van der Waals surface area contributed by atoms with Crippen molar-refractivity contribution in [2.24, 2.45) is 5.92 Å². The summed E-state index contributed by atoms with van der Waals surface area (Å²) < 4.78 is 10.9. The van der Waals surface area contributed by atoms with Gasteiger partial charge in [0.15, 0.2) is 0 Å². The van der Waals surface area contributed by atoms with Gasteiger partial charge in [-0.15, -0.1) is 0 Å². The van der Waals surface area contributed by atoms with Gasteiger partial charge in [0.05, 0.1) is 18.6 Å². The molecule has 1 heterocycles. The minimum atomic E-state index is -1.01. The Morgan fingerprint density at radius 2 is 1.96 bits per heavy atom. The number of fused-ring (bicyclic) bond motifs is 1. The molecule has 6 nitrogen and oxygen atoms in total. The molecule has 1 unspecified atom stereocenters. The zero-order valence-corrected chi connectivity index (χ0v) is 15.0. The Balaban J connectivity index is 1.79. The van der Waals surface area contributed by atoms with Crippen molar-refractivity contribution in [1.29, 1.82) is 0 Å². The molecule has 1 aliphatic rings. The SMILES string of the molecule is COc1ccc2c(c1)CC(C(=O)Nc1cc(C(=O)O)c(C)cc1C)CO2. The molecule has 0 saturated carbocycles. The number of methoxy groups -OCH3 is 1. The molecule has 0 saturated heterocycles. The number of ether oxygens (including phenoxy) is 2. The van der Waals surface area contributed by atoms with E-state index in [4.69, 9.17) is 9.47 Å². The number of carbonyl (C=O) groups excluding carboxylic acids is 1. The quantitative estimate of drug-likeness (QED) is 0.880. The maximum absolute atomic E-state index is 12.7. The normalized spacial score (nSPS) is 15.6. The number of benzene rings is 2. The van der Waals surface area contributed by atoms with Gasteiger partial charge < -0.3 is 19.9 Å². The molecule has 2 aromatic carbocycles. The third-order valence-electron chi connectivity index (χ3n) is 4.60. The molecule has 0 aromatic heterocycles. The molecule has 26 heavy (non-hydrogen) atoms. The standard InChI is InChI=1S/C20H21NO5/c1-11-6-12(2)17(9-16(11)20(23)24)21-19(22)14-7-13-8-15(25-3)4-5-18(13)26-10-14/h4-6,8-9,14H,7,10H2,1-3H3,(H,21,22)(H,23,24). The number of nitrogens with one attached hydrogen (secondary N) is 1. The average molecular weight is 355 g/mol. The molecule has 0 bridgehead atoms. The van der Waals surface area contributed by atoms with E-state index in [0.29, 0.717) is 23.4 Å². The van der Waals surface area contributed by atoms with Crippen molar-refractivity contribution in [1.82, 2.24) is 0 Å². The molecule has 3 rings (SSSR count). The van der Waals surface area contributed by atoms with Crippen LogP contribution in [0.15, 0.2) is 30.3 Å². The van der Waals surface area contributed by atoms with Gasteiger partial charge in [0.2, 0.25) is 5.91 Å². The largest absolute Gasteiger partial charge is 0.497 e. The van der Waals surface area contributed by atoms with Crippen LogP contribution < -0.4 is 14.8 Å². The summed E-state index contributed by atoms with van der Waals surface area (Å²) in [6, 6.07) is 8.80. The lowest BCUT2D eigenvalue weighted by molar-refractivity contribution is -0.121. The second-order valence-electron chi connectivity index (χ2n) is 6.46. The van der Waals surface area contributed by atoms with Gasteiger partial charge in [0, 0.05) is 5.69 Å². The molecular formula is C20H21NO5. The number of carbonyl (C=O) groups is 2. The van der Waals surface area contributed by atoms with E-state index in [1.807, 2.05) is 25.1 Å².